The summed E-state index contributed by atoms with van der Waals surface area (Å²) in [5.41, 5.74) is 0. The molecule has 0 aromatic rings. The molecule has 0 fully saturated rings. The highest BCUT2D eigenvalue weighted by Crippen LogP contribution is 1.88. The molecule has 4 heteroatoms. The average molecular weight is 163 g/mol. The van der Waals surface area contributed by atoms with Gasteiger partial charge in [0.15, 0.2) is 0 Å². The van der Waals surface area contributed by atoms with E-state index < -0.39 is 10.0 Å². The fourth-order valence-electron chi connectivity index (χ4n) is 0.415. The van der Waals surface area contributed by atoms with E-state index >= 15 is 0 Å². The van der Waals surface area contributed by atoms with Gasteiger partial charge in [0.2, 0.25) is 10.0 Å². The molecule has 0 heterocycles. The molecule has 0 aliphatic carbocycles. The van der Waals surface area contributed by atoms with E-state index in [1.165, 1.54) is 0 Å². The molecule has 0 rings (SSSR count). The van der Waals surface area contributed by atoms with Gasteiger partial charge < -0.3 is 0 Å². The molecule has 1 N–H and O–H groups in total. The Morgan fingerprint density at radius 1 is 1.70 bits per heavy atom. The van der Waals surface area contributed by atoms with Gasteiger partial charge in [-0.05, 0) is 13.8 Å². The van der Waals surface area contributed by atoms with Crippen molar-refractivity contribution in [3.05, 3.63) is 12.7 Å². The van der Waals surface area contributed by atoms with Gasteiger partial charge in [-0.3, -0.25) is 0 Å². The molecule has 0 saturated heterocycles. The minimum atomic E-state index is -3.05. The van der Waals surface area contributed by atoms with E-state index in [0.29, 0.717) is 0 Å². The van der Waals surface area contributed by atoms with E-state index in [0.717, 1.165) is 0 Å². The van der Waals surface area contributed by atoms with Crippen LogP contribution in [0.5, 0.6) is 0 Å². The Bertz CT molecular complexity index is 196. The summed E-state index contributed by atoms with van der Waals surface area (Å²) < 4.78 is 24.0. The van der Waals surface area contributed by atoms with Gasteiger partial charge >= 0.3 is 0 Å². The number of nitrogens with one attached hydrogen (secondary N) is 1. The highest BCUT2D eigenvalue weighted by atomic mass is 32.2. The molecule has 1 atom stereocenters. The summed E-state index contributed by atoms with van der Waals surface area (Å²) in [5.74, 6) is 0.116. The second-order valence-corrected chi connectivity index (χ2v) is 4.09. The first-order valence-electron chi connectivity index (χ1n) is 3.14. The summed E-state index contributed by atoms with van der Waals surface area (Å²) in [6.07, 6.45) is 1.55. The van der Waals surface area contributed by atoms with Crippen LogP contribution < -0.4 is 4.72 Å². The van der Waals surface area contributed by atoms with Gasteiger partial charge in [0.25, 0.3) is 0 Å². The molecular formula is C6H13NO2S. The first kappa shape index (κ1) is 9.65. The molecule has 0 saturated carbocycles. The topological polar surface area (TPSA) is 46.2 Å². The number of rotatable bonds is 4. The van der Waals surface area contributed by atoms with Gasteiger partial charge in [-0.25, -0.2) is 13.1 Å². The monoisotopic (exact) mass is 163 g/mol. The summed E-state index contributed by atoms with van der Waals surface area (Å²) in [4.78, 5) is 0. The molecule has 0 amide bonds. The largest absolute Gasteiger partial charge is 0.212 e. The van der Waals surface area contributed by atoms with Crippen molar-refractivity contribution in [3.8, 4) is 0 Å². The maximum Gasteiger partial charge on any atom is 0.211 e. The zero-order valence-electron chi connectivity index (χ0n) is 6.29. The minimum Gasteiger partial charge on any atom is -0.212 e. The van der Waals surface area contributed by atoms with Crippen LogP contribution in [0.3, 0.4) is 0 Å². The van der Waals surface area contributed by atoms with Crippen molar-refractivity contribution >= 4 is 10.0 Å². The Balaban J connectivity index is 4.02. The predicted octanol–water partition coefficient (Wildman–Crippen LogP) is 0.500. The molecule has 1 unspecified atom stereocenters. The highest BCUT2D eigenvalue weighted by Gasteiger charge is 2.07. The SMILES string of the molecule is C=CC(C)NS(=O)(=O)CC. The first-order chi connectivity index (χ1) is 4.52. The Morgan fingerprint density at radius 3 is 2.50 bits per heavy atom. The maximum atomic E-state index is 10.8. The zero-order valence-corrected chi connectivity index (χ0v) is 7.11. The Labute approximate surface area is 62.2 Å². The summed E-state index contributed by atoms with van der Waals surface area (Å²) >= 11 is 0. The standard InChI is InChI=1S/C6H13NO2S/c1-4-6(3)7-10(8,9)5-2/h4,6-7H,1,5H2,2-3H3. The fraction of sp³-hybridized carbons (Fsp3) is 0.667. The number of hydrogen-bond donors (Lipinski definition) is 1. The van der Waals surface area contributed by atoms with Crippen LogP contribution in [0.2, 0.25) is 0 Å². The maximum absolute atomic E-state index is 10.8. The normalized spacial score (nSPS) is 14.6. The van der Waals surface area contributed by atoms with Gasteiger partial charge in [-0.1, -0.05) is 6.08 Å². The van der Waals surface area contributed by atoms with Gasteiger partial charge in [-0.2, -0.15) is 0 Å². The molecular weight excluding hydrogens is 150 g/mol. The lowest BCUT2D eigenvalue weighted by Crippen LogP contribution is -2.32. The van der Waals surface area contributed by atoms with Gasteiger partial charge in [0, 0.05) is 6.04 Å². The summed E-state index contributed by atoms with van der Waals surface area (Å²) in [7, 11) is -3.05. The summed E-state index contributed by atoms with van der Waals surface area (Å²) in [5, 5.41) is 0. The van der Waals surface area contributed by atoms with E-state index in [1.54, 1.807) is 19.9 Å². The first-order valence-corrected chi connectivity index (χ1v) is 4.79. The van der Waals surface area contributed by atoms with Crippen molar-refractivity contribution < 1.29 is 8.42 Å². The van der Waals surface area contributed by atoms with Crippen molar-refractivity contribution in [3.63, 3.8) is 0 Å². The van der Waals surface area contributed by atoms with E-state index in [1.807, 2.05) is 0 Å². The predicted molar refractivity (Wildman–Crippen MR) is 42.3 cm³/mol. The molecule has 60 valence electrons. The Morgan fingerprint density at radius 2 is 2.20 bits per heavy atom. The van der Waals surface area contributed by atoms with Crippen LogP contribution in [0.4, 0.5) is 0 Å². The zero-order chi connectivity index (χ0) is 8.20. The third-order valence-electron chi connectivity index (χ3n) is 1.10. The van der Waals surface area contributed by atoms with Crippen LogP contribution in [0.1, 0.15) is 13.8 Å². The van der Waals surface area contributed by atoms with Crippen LogP contribution in [0.25, 0.3) is 0 Å². The van der Waals surface area contributed by atoms with Gasteiger partial charge in [-0.15, -0.1) is 6.58 Å². The van der Waals surface area contributed by atoms with Crippen molar-refractivity contribution in [1.29, 1.82) is 0 Å². The molecule has 0 aliphatic heterocycles. The molecule has 0 aromatic carbocycles. The van der Waals surface area contributed by atoms with Crippen LogP contribution in [-0.2, 0) is 10.0 Å². The van der Waals surface area contributed by atoms with Crippen molar-refractivity contribution in [2.45, 2.75) is 19.9 Å². The fourth-order valence-corrected chi connectivity index (χ4v) is 1.24. The second kappa shape index (κ2) is 3.73. The molecule has 0 aliphatic rings. The van der Waals surface area contributed by atoms with Crippen molar-refractivity contribution in [2.24, 2.45) is 0 Å². The summed E-state index contributed by atoms with van der Waals surface area (Å²) in [6.45, 7) is 6.78. The van der Waals surface area contributed by atoms with Crippen LogP contribution in [0, 0.1) is 0 Å². The van der Waals surface area contributed by atoms with Gasteiger partial charge in [0.05, 0.1) is 5.75 Å². The van der Waals surface area contributed by atoms with Gasteiger partial charge in [0.1, 0.15) is 0 Å². The van der Waals surface area contributed by atoms with E-state index in [2.05, 4.69) is 11.3 Å². The number of hydrogen-bond acceptors (Lipinski definition) is 2. The lowest BCUT2D eigenvalue weighted by atomic mass is 10.4. The molecule has 0 spiro atoms. The average Bonchev–Trinajstić information content (AvgIpc) is 1.87. The van der Waals surface area contributed by atoms with E-state index in [4.69, 9.17) is 0 Å². The lowest BCUT2D eigenvalue weighted by Gasteiger charge is -2.06. The third-order valence-corrected chi connectivity index (χ3v) is 2.59. The molecule has 0 aromatic heterocycles. The second-order valence-electron chi connectivity index (χ2n) is 2.05. The minimum absolute atomic E-state index is 0.116. The van der Waals surface area contributed by atoms with Crippen molar-refractivity contribution in [1.82, 2.24) is 4.72 Å². The Kier molecular flexibility index (Phi) is 3.60. The highest BCUT2D eigenvalue weighted by molar-refractivity contribution is 7.89. The third kappa shape index (κ3) is 3.63. The van der Waals surface area contributed by atoms with E-state index in [-0.39, 0.29) is 11.8 Å². The quantitative estimate of drug-likeness (QED) is 0.613. The van der Waals surface area contributed by atoms with Crippen LogP contribution in [-0.4, -0.2) is 20.2 Å². The molecule has 10 heavy (non-hydrogen) atoms. The summed E-state index contributed by atoms with van der Waals surface area (Å²) in [6, 6.07) is -0.176. The molecule has 0 radical (unpaired) electrons. The lowest BCUT2D eigenvalue weighted by molar-refractivity contribution is 0.577. The molecule has 3 nitrogen and oxygen atoms in total. The smallest absolute Gasteiger partial charge is 0.211 e. The van der Waals surface area contributed by atoms with Crippen LogP contribution in [0.15, 0.2) is 12.7 Å². The number of sulfonamides is 1. The molecule has 0 bridgehead atoms. The van der Waals surface area contributed by atoms with Crippen molar-refractivity contribution in [2.75, 3.05) is 5.75 Å². The van der Waals surface area contributed by atoms with E-state index in [9.17, 15) is 8.42 Å². The Hall–Kier alpha value is -0.350. The van der Waals surface area contributed by atoms with Crippen LogP contribution >= 0.6 is 0 Å².